The molecule has 2 saturated heterocycles. The van der Waals surface area contributed by atoms with Gasteiger partial charge < -0.3 is 15.0 Å². The van der Waals surface area contributed by atoms with Gasteiger partial charge in [-0.3, -0.25) is 19.7 Å². The lowest BCUT2D eigenvalue weighted by Gasteiger charge is -2.26. The number of anilines is 2. The van der Waals surface area contributed by atoms with Crippen LogP contribution in [-0.4, -0.2) is 78.5 Å². The maximum absolute atomic E-state index is 12.5. The van der Waals surface area contributed by atoms with E-state index in [0.717, 1.165) is 62.6 Å². The van der Waals surface area contributed by atoms with Crippen LogP contribution in [0.5, 0.6) is 0 Å². The maximum Gasteiger partial charge on any atom is 0.414 e. The van der Waals surface area contributed by atoms with Crippen molar-refractivity contribution in [3.05, 3.63) is 29.3 Å². The van der Waals surface area contributed by atoms with Crippen LogP contribution in [-0.2, 0) is 22.4 Å². The molecule has 0 bridgehead atoms. The first kappa shape index (κ1) is 23.7. The molecule has 2 atom stereocenters. The Kier molecular flexibility index (Phi) is 6.69. The number of likely N-dealkylation sites (N-methyl/N-ethyl adjacent to an activating group) is 1. The van der Waals surface area contributed by atoms with Crippen molar-refractivity contribution >= 4 is 23.5 Å². The topological polar surface area (TPSA) is 93.8 Å². The number of benzene rings is 1. The smallest absolute Gasteiger partial charge is 0.414 e. The van der Waals surface area contributed by atoms with Crippen molar-refractivity contribution in [2.45, 2.75) is 58.6 Å². The zero-order chi connectivity index (χ0) is 24.5. The van der Waals surface area contributed by atoms with E-state index >= 15 is 0 Å². The quantitative estimate of drug-likeness (QED) is 0.633. The standard InChI is InChI=1S/C26H36N6O3/c1-4-30(5-2)20-11-12-31(15-20)25-23-8-6-7-18-13-19(9-10-22(18)24(23)28-29-25)32-16-21(35-26(32)34)14-27-17(3)33/h9-10,13,20-21H,4-8,11-12,14-16H2,1-3H3,(H,27,33)(H,28,29)/t20?,21-/m0/s1. The Morgan fingerprint density at radius 3 is 2.86 bits per heavy atom. The second kappa shape index (κ2) is 9.89. The lowest BCUT2D eigenvalue weighted by molar-refractivity contribution is -0.119. The van der Waals surface area contributed by atoms with Gasteiger partial charge in [0.15, 0.2) is 5.82 Å². The fourth-order valence-corrected chi connectivity index (χ4v) is 5.80. The van der Waals surface area contributed by atoms with Gasteiger partial charge in [0.25, 0.3) is 0 Å². The number of ether oxygens (including phenoxy) is 1. The number of rotatable bonds is 7. The molecular weight excluding hydrogens is 444 g/mol. The van der Waals surface area contributed by atoms with Gasteiger partial charge in [-0.1, -0.05) is 19.9 Å². The molecule has 9 nitrogen and oxygen atoms in total. The number of hydrogen-bond acceptors (Lipinski definition) is 6. The van der Waals surface area contributed by atoms with Crippen molar-refractivity contribution in [3.8, 4) is 11.3 Å². The number of nitrogens with zero attached hydrogens (tertiary/aromatic N) is 4. The Bertz CT molecular complexity index is 1090. The van der Waals surface area contributed by atoms with Crippen molar-refractivity contribution in [2.24, 2.45) is 0 Å². The van der Waals surface area contributed by atoms with Crippen molar-refractivity contribution in [3.63, 3.8) is 0 Å². The number of aromatic amines is 1. The zero-order valence-corrected chi connectivity index (χ0v) is 21.0. The second-order valence-electron chi connectivity index (χ2n) is 9.76. The molecule has 188 valence electrons. The van der Waals surface area contributed by atoms with Crippen LogP contribution in [0.3, 0.4) is 0 Å². The van der Waals surface area contributed by atoms with Gasteiger partial charge >= 0.3 is 6.09 Å². The molecule has 1 aromatic heterocycles. The highest BCUT2D eigenvalue weighted by Gasteiger charge is 2.34. The van der Waals surface area contributed by atoms with Crippen LogP contribution in [0.1, 0.15) is 44.7 Å². The Morgan fingerprint density at radius 2 is 2.09 bits per heavy atom. The van der Waals surface area contributed by atoms with Crippen molar-refractivity contribution in [2.75, 3.05) is 49.1 Å². The number of amides is 2. The summed E-state index contributed by atoms with van der Waals surface area (Å²) < 4.78 is 5.45. The largest absolute Gasteiger partial charge is 0.442 e. The minimum Gasteiger partial charge on any atom is -0.442 e. The van der Waals surface area contributed by atoms with Gasteiger partial charge in [-0.25, -0.2) is 4.79 Å². The van der Waals surface area contributed by atoms with Crippen LogP contribution in [0.25, 0.3) is 11.3 Å². The fourth-order valence-electron chi connectivity index (χ4n) is 5.80. The second-order valence-corrected chi connectivity index (χ2v) is 9.76. The lowest BCUT2D eigenvalue weighted by Crippen LogP contribution is -2.37. The maximum atomic E-state index is 12.5. The van der Waals surface area contributed by atoms with Crippen LogP contribution in [0.4, 0.5) is 16.3 Å². The number of carbonyl (C=O) groups excluding carboxylic acids is 2. The van der Waals surface area contributed by atoms with Gasteiger partial charge in [0.2, 0.25) is 5.91 Å². The van der Waals surface area contributed by atoms with Crippen LogP contribution in [0.15, 0.2) is 18.2 Å². The molecule has 2 N–H and O–H groups in total. The van der Waals surface area contributed by atoms with E-state index in [1.807, 2.05) is 6.07 Å². The molecule has 5 rings (SSSR count). The minimum atomic E-state index is -0.366. The average molecular weight is 481 g/mol. The summed E-state index contributed by atoms with van der Waals surface area (Å²) in [6.45, 7) is 10.9. The first-order valence-corrected chi connectivity index (χ1v) is 12.9. The van der Waals surface area contributed by atoms with Gasteiger partial charge in [-0.05, 0) is 56.5 Å². The third-order valence-electron chi connectivity index (χ3n) is 7.63. The van der Waals surface area contributed by atoms with Gasteiger partial charge in [-0.2, -0.15) is 5.10 Å². The van der Waals surface area contributed by atoms with Gasteiger partial charge in [0, 0.05) is 42.9 Å². The van der Waals surface area contributed by atoms with E-state index in [2.05, 4.69) is 46.2 Å². The fraction of sp³-hybridized carbons (Fsp3) is 0.577. The first-order valence-electron chi connectivity index (χ1n) is 12.9. The van der Waals surface area contributed by atoms with Crippen molar-refractivity contribution in [1.29, 1.82) is 0 Å². The molecule has 9 heteroatoms. The highest BCUT2D eigenvalue weighted by atomic mass is 16.6. The Labute approximate surface area is 206 Å². The van der Waals surface area contributed by atoms with E-state index in [9.17, 15) is 9.59 Å². The Hall–Kier alpha value is -3.07. The summed E-state index contributed by atoms with van der Waals surface area (Å²) in [7, 11) is 0. The molecule has 0 radical (unpaired) electrons. The summed E-state index contributed by atoms with van der Waals surface area (Å²) in [6.07, 6.45) is 3.45. The van der Waals surface area contributed by atoms with Crippen LogP contribution in [0.2, 0.25) is 0 Å². The number of H-pyrrole nitrogens is 1. The number of cyclic esters (lactones) is 1. The molecule has 3 aliphatic rings. The Balaban J connectivity index is 1.35. The Morgan fingerprint density at radius 1 is 1.26 bits per heavy atom. The molecular formula is C26H36N6O3. The monoisotopic (exact) mass is 480 g/mol. The van der Waals surface area contributed by atoms with E-state index in [1.54, 1.807) is 4.90 Å². The first-order chi connectivity index (χ1) is 17.0. The van der Waals surface area contributed by atoms with Crippen LogP contribution in [0, 0.1) is 0 Å². The predicted octanol–water partition coefficient (Wildman–Crippen LogP) is 2.95. The molecule has 1 aromatic carbocycles. The molecule has 0 saturated carbocycles. The molecule has 2 aliphatic heterocycles. The molecule has 1 unspecified atom stereocenters. The predicted molar refractivity (Wildman–Crippen MR) is 136 cm³/mol. The summed E-state index contributed by atoms with van der Waals surface area (Å²) in [6, 6.07) is 6.79. The normalized spacial score (nSPS) is 21.7. The molecule has 2 aromatic rings. The highest BCUT2D eigenvalue weighted by molar-refractivity contribution is 5.90. The molecule has 2 fully saturated rings. The van der Waals surface area contributed by atoms with E-state index in [-0.39, 0.29) is 18.1 Å². The van der Waals surface area contributed by atoms with Crippen LogP contribution >= 0.6 is 0 Å². The minimum absolute atomic E-state index is 0.128. The van der Waals surface area contributed by atoms with Gasteiger partial charge in [-0.15, -0.1) is 0 Å². The molecule has 2 amide bonds. The van der Waals surface area contributed by atoms with Crippen molar-refractivity contribution in [1.82, 2.24) is 20.4 Å². The zero-order valence-electron chi connectivity index (χ0n) is 21.0. The van der Waals surface area contributed by atoms with Gasteiger partial charge in [0.05, 0.1) is 18.8 Å². The average Bonchev–Trinajstić information content (AvgIpc) is 3.55. The summed E-state index contributed by atoms with van der Waals surface area (Å²) >= 11 is 0. The summed E-state index contributed by atoms with van der Waals surface area (Å²) in [5.41, 5.74) is 5.65. The van der Waals surface area contributed by atoms with Gasteiger partial charge in [0.1, 0.15) is 6.10 Å². The SMILES string of the molecule is CCN(CC)C1CCN(c2n[nH]c3c2CCCc2cc(N4C[C@H](CNC(C)=O)OC4=O)ccc2-3)C1. The molecule has 3 heterocycles. The number of carbonyl (C=O) groups is 2. The number of hydrogen-bond donors (Lipinski definition) is 2. The summed E-state index contributed by atoms with van der Waals surface area (Å²) in [4.78, 5) is 30.4. The summed E-state index contributed by atoms with van der Waals surface area (Å²) in [5.74, 6) is 0.979. The van der Waals surface area contributed by atoms with E-state index in [4.69, 9.17) is 9.84 Å². The van der Waals surface area contributed by atoms with E-state index in [0.29, 0.717) is 19.1 Å². The van der Waals surface area contributed by atoms with E-state index < -0.39 is 0 Å². The molecule has 1 aliphatic carbocycles. The third-order valence-corrected chi connectivity index (χ3v) is 7.63. The summed E-state index contributed by atoms with van der Waals surface area (Å²) in [5, 5.41) is 10.9. The third kappa shape index (κ3) is 4.61. The molecule has 35 heavy (non-hydrogen) atoms. The van der Waals surface area contributed by atoms with Crippen molar-refractivity contribution < 1.29 is 14.3 Å². The number of aromatic nitrogens is 2. The van der Waals surface area contributed by atoms with Crippen LogP contribution < -0.4 is 15.1 Å². The number of fused-ring (bicyclic) bond motifs is 3. The molecule has 0 spiro atoms. The number of nitrogens with one attached hydrogen (secondary N) is 2. The van der Waals surface area contributed by atoms with E-state index in [1.165, 1.54) is 30.0 Å². The highest BCUT2D eigenvalue weighted by Crippen LogP contribution is 2.38. The number of aryl methyl sites for hydroxylation is 1. The lowest BCUT2D eigenvalue weighted by atomic mass is 10.0.